The van der Waals surface area contributed by atoms with Gasteiger partial charge in [-0.2, -0.15) is 0 Å². The Kier molecular flexibility index (Phi) is 4.70. The summed E-state index contributed by atoms with van der Waals surface area (Å²) in [6, 6.07) is -0.751. The number of hydrogen-bond donors (Lipinski definition) is 2. The van der Waals surface area contributed by atoms with Crippen LogP contribution in [0.5, 0.6) is 0 Å². The van der Waals surface area contributed by atoms with E-state index in [1.54, 1.807) is 0 Å². The minimum Gasteiger partial charge on any atom is -0.493 e. The van der Waals surface area contributed by atoms with E-state index in [1.165, 1.54) is 17.7 Å². The third-order valence-corrected chi connectivity index (χ3v) is 7.13. The van der Waals surface area contributed by atoms with E-state index in [0.717, 1.165) is 30.1 Å². The minimum atomic E-state index is -0.751. The lowest BCUT2D eigenvalue weighted by molar-refractivity contribution is -0.154. The lowest BCUT2D eigenvalue weighted by Gasteiger charge is -2.41. The van der Waals surface area contributed by atoms with Gasteiger partial charge in [0.15, 0.2) is 0 Å². The maximum Gasteiger partial charge on any atom is 0.432 e. The maximum absolute atomic E-state index is 12.4. The number of hydrogen-bond acceptors (Lipinski definition) is 7. The summed E-state index contributed by atoms with van der Waals surface area (Å²) in [6.45, 7) is 2.81. The van der Waals surface area contributed by atoms with Gasteiger partial charge >= 0.3 is 6.09 Å². The molecule has 5 aliphatic rings. The summed E-state index contributed by atoms with van der Waals surface area (Å²) in [5.41, 5.74) is 1.10. The number of carbonyl (C=O) groups is 2. The Labute approximate surface area is 175 Å². The molecule has 1 saturated carbocycles. The lowest BCUT2D eigenvalue weighted by Crippen LogP contribution is -2.44. The summed E-state index contributed by atoms with van der Waals surface area (Å²) < 4.78 is 6.35. The first-order chi connectivity index (χ1) is 14.4. The van der Waals surface area contributed by atoms with Crippen molar-refractivity contribution in [2.45, 2.75) is 57.3 Å². The standard InChI is InChI=1S/C21H29N3O6/c1-12-3-4-17-21(9-12)5-6-24(10-13-7-14(25)8-16(29-17)18(13)21)30-20(27)22-15-11-28-23(2)19(15)26/h5-6,12-15,17,25H,3-4,7-11H2,1-2H3,(H,22,27)/t12?,13-,14-,15+,17-,21?/m1/s1. The fourth-order valence-corrected chi connectivity index (χ4v) is 5.87. The van der Waals surface area contributed by atoms with Gasteiger partial charge in [0, 0.05) is 25.6 Å². The minimum absolute atomic E-state index is 0.0458. The van der Waals surface area contributed by atoms with E-state index in [1.807, 2.05) is 6.20 Å². The first-order valence-corrected chi connectivity index (χ1v) is 10.8. The molecular weight excluding hydrogens is 390 g/mol. The number of nitrogens with zero attached hydrogens (tertiary/aromatic N) is 2. The van der Waals surface area contributed by atoms with Gasteiger partial charge in [0.1, 0.15) is 18.8 Å². The molecule has 164 valence electrons. The van der Waals surface area contributed by atoms with Crippen molar-refractivity contribution in [2.24, 2.45) is 17.3 Å². The van der Waals surface area contributed by atoms with Crippen LogP contribution in [0, 0.1) is 17.3 Å². The van der Waals surface area contributed by atoms with Crippen LogP contribution in [0.4, 0.5) is 4.79 Å². The van der Waals surface area contributed by atoms with Crippen LogP contribution in [0.1, 0.15) is 39.0 Å². The van der Waals surface area contributed by atoms with Crippen molar-refractivity contribution >= 4 is 12.0 Å². The lowest BCUT2D eigenvalue weighted by atomic mass is 9.61. The van der Waals surface area contributed by atoms with Crippen LogP contribution < -0.4 is 5.32 Å². The van der Waals surface area contributed by atoms with E-state index in [4.69, 9.17) is 14.4 Å². The largest absolute Gasteiger partial charge is 0.493 e. The zero-order valence-electron chi connectivity index (χ0n) is 17.4. The van der Waals surface area contributed by atoms with E-state index >= 15 is 0 Å². The smallest absolute Gasteiger partial charge is 0.432 e. The van der Waals surface area contributed by atoms with E-state index in [9.17, 15) is 14.7 Å². The number of ether oxygens (including phenoxy) is 1. The molecule has 30 heavy (non-hydrogen) atoms. The van der Waals surface area contributed by atoms with Gasteiger partial charge < -0.3 is 20.0 Å². The monoisotopic (exact) mass is 419 g/mol. The third-order valence-electron chi connectivity index (χ3n) is 7.13. The van der Waals surface area contributed by atoms with Crippen molar-refractivity contribution in [1.29, 1.82) is 0 Å². The normalized spacial score (nSPS) is 40.0. The highest BCUT2D eigenvalue weighted by atomic mass is 16.7. The predicted molar refractivity (Wildman–Crippen MR) is 104 cm³/mol. The zero-order chi connectivity index (χ0) is 21.0. The third kappa shape index (κ3) is 3.15. The second-order valence-corrected chi connectivity index (χ2v) is 9.28. The Hall–Kier alpha value is -2.26. The number of rotatable bonds is 2. The highest BCUT2D eigenvalue weighted by Gasteiger charge is 2.56. The molecule has 0 aromatic carbocycles. The highest BCUT2D eigenvalue weighted by Crippen LogP contribution is 2.59. The molecule has 9 nitrogen and oxygen atoms in total. The van der Waals surface area contributed by atoms with Gasteiger partial charge in [-0.15, -0.1) is 0 Å². The van der Waals surface area contributed by atoms with Gasteiger partial charge in [-0.1, -0.05) is 13.0 Å². The second kappa shape index (κ2) is 7.16. The fourth-order valence-electron chi connectivity index (χ4n) is 5.87. The molecule has 2 fully saturated rings. The molecule has 3 aliphatic heterocycles. The summed E-state index contributed by atoms with van der Waals surface area (Å²) >= 11 is 0. The second-order valence-electron chi connectivity index (χ2n) is 9.28. The quantitative estimate of drug-likeness (QED) is 0.699. The SMILES string of the molecule is CC1CC[C@H]2OC3=C4[C@H](C[C@@H](O)C3)CN(OC(=O)N[C@H]3CON(C)C3=O)C=CC42C1. The number of likely N-dealkylation sites (N-methyl/N-ethyl adjacent to an activating group) is 1. The Bertz CT molecular complexity index is 813. The molecule has 2 amide bonds. The number of carbonyl (C=O) groups excluding carboxylic acids is 2. The number of aliphatic hydroxyl groups is 1. The summed E-state index contributed by atoms with van der Waals surface area (Å²) in [5, 5.41) is 15.6. The molecule has 0 bridgehead atoms. The average molecular weight is 419 g/mol. The Morgan fingerprint density at radius 2 is 2.23 bits per heavy atom. The molecule has 5 rings (SSSR count). The van der Waals surface area contributed by atoms with Crippen molar-refractivity contribution in [3.05, 3.63) is 23.6 Å². The molecule has 2 N–H and O–H groups in total. The molecule has 1 spiro atoms. The van der Waals surface area contributed by atoms with E-state index in [-0.39, 0.29) is 30.0 Å². The fraction of sp³-hybridized carbons (Fsp3) is 0.714. The van der Waals surface area contributed by atoms with Gasteiger partial charge in [-0.05, 0) is 37.2 Å². The molecule has 2 unspecified atom stereocenters. The van der Waals surface area contributed by atoms with Crippen molar-refractivity contribution in [3.8, 4) is 0 Å². The summed E-state index contributed by atoms with van der Waals surface area (Å²) in [7, 11) is 1.51. The van der Waals surface area contributed by atoms with E-state index < -0.39 is 18.2 Å². The number of hydroxylamine groups is 4. The van der Waals surface area contributed by atoms with Crippen LogP contribution in [0.2, 0.25) is 0 Å². The van der Waals surface area contributed by atoms with Crippen LogP contribution in [-0.2, 0) is 19.2 Å². The molecule has 2 aliphatic carbocycles. The Balaban J connectivity index is 1.36. The van der Waals surface area contributed by atoms with Crippen LogP contribution in [0.25, 0.3) is 0 Å². The molecule has 0 radical (unpaired) electrons. The van der Waals surface area contributed by atoms with Gasteiger partial charge in [-0.3, -0.25) is 9.63 Å². The van der Waals surface area contributed by atoms with Gasteiger partial charge in [-0.25, -0.2) is 14.9 Å². The Morgan fingerprint density at radius 1 is 1.40 bits per heavy atom. The summed E-state index contributed by atoms with van der Waals surface area (Å²) in [5.74, 6) is 1.25. The van der Waals surface area contributed by atoms with Crippen LogP contribution in [0.15, 0.2) is 23.6 Å². The van der Waals surface area contributed by atoms with Crippen molar-refractivity contribution in [2.75, 3.05) is 20.2 Å². The zero-order valence-corrected chi connectivity index (χ0v) is 17.4. The van der Waals surface area contributed by atoms with Crippen molar-refractivity contribution < 1.29 is 29.1 Å². The van der Waals surface area contributed by atoms with Crippen molar-refractivity contribution in [1.82, 2.24) is 15.4 Å². The number of aliphatic hydroxyl groups excluding tert-OH is 1. The molecule has 0 aromatic rings. The number of amides is 2. The van der Waals surface area contributed by atoms with E-state index in [0.29, 0.717) is 25.3 Å². The topological polar surface area (TPSA) is 101 Å². The predicted octanol–water partition coefficient (Wildman–Crippen LogP) is 1.46. The van der Waals surface area contributed by atoms with Crippen LogP contribution in [0.3, 0.4) is 0 Å². The molecular formula is C21H29N3O6. The van der Waals surface area contributed by atoms with E-state index in [2.05, 4.69) is 18.3 Å². The molecule has 9 heteroatoms. The Morgan fingerprint density at radius 3 is 3.00 bits per heavy atom. The van der Waals surface area contributed by atoms with Crippen molar-refractivity contribution in [3.63, 3.8) is 0 Å². The maximum atomic E-state index is 12.4. The summed E-state index contributed by atoms with van der Waals surface area (Å²) in [6.07, 6.45) is 7.19. The molecule has 3 heterocycles. The first-order valence-electron chi connectivity index (χ1n) is 10.8. The van der Waals surface area contributed by atoms with Crippen LogP contribution >= 0.6 is 0 Å². The highest BCUT2D eigenvalue weighted by molar-refractivity contribution is 5.86. The number of nitrogens with one attached hydrogen (secondary N) is 1. The first kappa shape index (κ1) is 19.7. The van der Waals surface area contributed by atoms with Gasteiger partial charge in [0.25, 0.3) is 5.91 Å². The van der Waals surface area contributed by atoms with Gasteiger partial charge in [0.05, 0.1) is 23.8 Å². The molecule has 0 aromatic heterocycles. The molecule has 1 saturated heterocycles. The summed E-state index contributed by atoms with van der Waals surface area (Å²) in [4.78, 5) is 35.0. The van der Waals surface area contributed by atoms with Crippen LogP contribution in [-0.4, -0.2) is 65.7 Å². The van der Waals surface area contributed by atoms with Gasteiger partial charge in [0.2, 0.25) is 0 Å². The average Bonchev–Trinajstić information content (AvgIpc) is 3.11. The molecule has 6 atom stereocenters.